The molecule has 0 spiro atoms. The van der Waals surface area contributed by atoms with E-state index >= 15 is 0 Å². The molecule has 100 valence electrons. The molecule has 6 nitrogen and oxygen atoms in total. The Balaban J connectivity index is 2.01. The predicted octanol–water partition coefficient (Wildman–Crippen LogP) is 1.30. The predicted molar refractivity (Wildman–Crippen MR) is 63.7 cm³/mol. The van der Waals surface area contributed by atoms with Crippen LogP contribution in [-0.4, -0.2) is 40.3 Å². The van der Waals surface area contributed by atoms with Crippen LogP contribution >= 0.6 is 0 Å². The molecular weight excluding hydrogens is 234 g/mol. The van der Waals surface area contributed by atoms with E-state index in [4.69, 9.17) is 9.15 Å². The summed E-state index contributed by atoms with van der Waals surface area (Å²) in [5.41, 5.74) is 0. The first-order valence-electron chi connectivity index (χ1n) is 6.40. The Morgan fingerprint density at radius 2 is 2.33 bits per heavy atom. The van der Waals surface area contributed by atoms with Crippen molar-refractivity contribution in [2.24, 2.45) is 0 Å². The summed E-state index contributed by atoms with van der Waals surface area (Å²) in [4.78, 5) is 13.9. The summed E-state index contributed by atoms with van der Waals surface area (Å²) >= 11 is 0. The summed E-state index contributed by atoms with van der Waals surface area (Å²) in [5.74, 6) is 0.965. The van der Waals surface area contributed by atoms with Crippen LogP contribution in [0.3, 0.4) is 0 Å². The van der Waals surface area contributed by atoms with E-state index in [1.54, 1.807) is 6.92 Å². The minimum Gasteiger partial charge on any atom is -0.465 e. The van der Waals surface area contributed by atoms with Gasteiger partial charge in [0.2, 0.25) is 11.8 Å². The molecule has 1 aromatic heterocycles. The fourth-order valence-corrected chi connectivity index (χ4v) is 2.26. The number of rotatable bonds is 4. The Hall–Kier alpha value is -1.43. The Morgan fingerprint density at radius 1 is 1.50 bits per heavy atom. The van der Waals surface area contributed by atoms with Crippen molar-refractivity contribution >= 4 is 5.97 Å². The molecule has 1 aliphatic rings. The van der Waals surface area contributed by atoms with Crippen molar-refractivity contribution in [2.45, 2.75) is 45.7 Å². The topological polar surface area (TPSA) is 68.5 Å². The number of esters is 1. The summed E-state index contributed by atoms with van der Waals surface area (Å²) in [6.45, 7) is 5.39. The van der Waals surface area contributed by atoms with Crippen LogP contribution in [0.25, 0.3) is 0 Å². The maximum Gasteiger partial charge on any atom is 0.323 e. The molecule has 1 aliphatic heterocycles. The van der Waals surface area contributed by atoms with Gasteiger partial charge in [0.1, 0.15) is 6.04 Å². The van der Waals surface area contributed by atoms with E-state index in [1.165, 1.54) is 0 Å². The number of aryl methyl sites for hydroxylation is 1. The molecule has 2 rings (SSSR count). The molecule has 0 bridgehead atoms. The second-order valence-electron chi connectivity index (χ2n) is 4.45. The van der Waals surface area contributed by atoms with Gasteiger partial charge in [-0.3, -0.25) is 9.69 Å². The summed E-state index contributed by atoms with van der Waals surface area (Å²) in [7, 11) is 0. The summed E-state index contributed by atoms with van der Waals surface area (Å²) in [6, 6.07) is -0.175. The van der Waals surface area contributed by atoms with Crippen LogP contribution in [0.1, 0.15) is 38.0 Å². The molecule has 18 heavy (non-hydrogen) atoms. The maximum atomic E-state index is 11.9. The molecule has 0 radical (unpaired) electrons. The highest BCUT2D eigenvalue weighted by Crippen LogP contribution is 2.20. The zero-order valence-corrected chi connectivity index (χ0v) is 10.9. The Labute approximate surface area is 106 Å². The first-order chi connectivity index (χ1) is 8.70. The molecule has 1 saturated heterocycles. The van der Waals surface area contributed by atoms with Crippen molar-refractivity contribution in [1.29, 1.82) is 0 Å². The number of carbonyl (C=O) groups is 1. The van der Waals surface area contributed by atoms with Crippen molar-refractivity contribution in [1.82, 2.24) is 15.1 Å². The number of ether oxygens (including phenoxy) is 1. The molecule has 0 aliphatic carbocycles. The summed E-state index contributed by atoms with van der Waals surface area (Å²) in [5, 5.41) is 7.77. The number of nitrogens with zero attached hydrogens (tertiary/aromatic N) is 3. The second-order valence-corrected chi connectivity index (χ2v) is 4.45. The number of hydrogen-bond acceptors (Lipinski definition) is 6. The number of aromatic nitrogens is 2. The van der Waals surface area contributed by atoms with E-state index in [0.29, 0.717) is 24.9 Å². The van der Waals surface area contributed by atoms with Gasteiger partial charge in [0.25, 0.3) is 0 Å². The standard InChI is InChI=1S/C12H19N3O3/c1-3-17-12(16)10-6-4-5-7-15(10)8-11-14-13-9(2)18-11/h10H,3-8H2,1-2H3. The molecule has 0 aromatic carbocycles. The van der Waals surface area contributed by atoms with Crippen LogP contribution in [0.2, 0.25) is 0 Å². The number of hydrogen-bond donors (Lipinski definition) is 0. The van der Waals surface area contributed by atoms with Gasteiger partial charge in [0.15, 0.2) is 0 Å². The van der Waals surface area contributed by atoms with Gasteiger partial charge in [0, 0.05) is 6.92 Å². The average molecular weight is 253 g/mol. The minimum atomic E-state index is -0.175. The number of piperidine rings is 1. The molecule has 1 aromatic rings. The van der Waals surface area contributed by atoms with Gasteiger partial charge in [-0.2, -0.15) is 0 Å². The fourth-order valence-electron chi connectivity index (χ4n) is 2.26. The quantitative estimate of drug-likeness (QED) is 0.753. The van der Waals surface area contributed by atoms with Gasteiger partial charge >= 0.3 is 5.97 Å². The monoisotopic (exact) mass is 253 g/mol. The third-order valence-electron chi connectivity index (χ3n) is 3.08. The zero-order valence-electron chi connectivity index (χ0n) is 10.9. The van der Waals surface area contributed by atoms with Gasteiger partial charge in [-0.25, -0.2) is 0 Å². The van der Waals surface area contributed by atoms with Crippen LogP contribution in [0.4, 0.5) is 0 Å². The number of carbonyl (C=O) groups excluding carboxylic acids is 1. The van der Waals surface area contributed by atoms with Gasteiger partial charge in [-0.05, 0) is 26.3 Å². The van der Waals surface area contributed by atoms with Crippen molar-refractivity contribution in [3.8, 4) is 0 Å². The van der Waals surface area contributed by atoms with Gasteiger partial charge in [-0.15, -0.1) is 10.2 Å². The molecule has 6 heteroatoms. The van der Waals surface area contributed by atoms with Gasteiger partial charge in [0.05, 0.1) is 13.2 Å². The summed E-state index contributed by atoms with van der Waals surface area (Å²) in [6.07, 6.45) is 2.98. The fraction of sp³-hybridized carbons (Fsp3) is 0.750. The van der Waals surface area contributed by atoms with Gasteiger partial charge in [-0.1, -0.05) is 6.42 Å². The molecule has 0 N–H and O–H groups in total. The van der Waals surface area contributed by atoms with Crippen LogP contribution in [-0.2, 0) is 16.1 Å². The third kappa shape index (κ3) is 3.07. The van der Waals surface area contributed by atoms with E-state index in [-0.39, 0.29) is 12.0 Å². The highest BCUT2D eigenvalue weighted by molar-refractivity contribution is 5.75. The van der Waals surface area contributed by atoms with Crippen LogP contribution in [0.15, 0.2) is 4.42 Å². The lowest BCUT2D eigenvalue weighted by Gasteiger charge is -2.32. The molecule has 0 saturated carbocycles. The lowest BCUT2D eigenvalue weighted by atomic mass is 10.0. The second kappa shape index (κ2) is 5.95. The molecule has 1 fully saturated rings. The maximum absolute atomic E-state index is 11.9. The third-order valence-corrected chi connectivity index (χ3v) is 3.08. The van der Waals surface area contributed by atoms with E-state index in [1.807, 2.05) is 6.92 Å². The number of likely N-dealkylation sites (tertiary alicyclic amines) is 1. The first-order valence-corrected chi connectivity index (χ1v) is 6.40. The summed E-state index contributed by atoms with van der Waals surface area (Å²) < 4.78 is 10.5. The largest absolute Gasteiger partial charge is 0.465 e. The molecule has 0 amide bonds. The Kier molecular flexibility index (Phi) is 4.30. The first kappa shape index (κ1) is 13.0. The molecule has 1 unspecified atom stereocenters. The van der Waals surface area contributed by atoms with E-state index in [2.05, 4.69) is 15.1 Å². The van der Waals surface area contributed by atoms with E-state index in [0.717, 1.165) is 25.8 Å². The Morgan fingerprint density at radius 3 is 3.00 bits per heavy atom. The smallest absolute Gasteiger partial charge is 0.323 e. The van der Waals surface area contributed by atoms with Crippen molar-refractivity contribution < 1.29 is 13.9 Å². The Bertz CT molecular complexity index is 405. The average Bonchev–Trinajstić information content (AvgIpc) is 2.76. The normalized spacial score (nSPS) is 20.9. The van der Waals surface area contributed by atoms with Crippen LogP contribution in [0, 0.1) is 6.92 Å². The van der Waals surface area contributed by atoms with Crippen molar-refractivity contribution in [2.75, 3.05) is 13.2 Å². The van der Waals surface area contributed by atoms with Gasteiger partial charge < -0.3 is 9.15 Å². The highest BCUT2D eigenvalue weighted by Gasteiger charge is 2.30. The molecule has 2 heterocycles. The molecular formula is C12H19N3O3. The zero-order chi connectivity index (χ0) is 13.0. The van der Waals surface area contributed by atoms with E-state index in [9.17, 15) is 4.79 Å². The SMILES string of the molecule is CCOC(=O)C1CCCCN1Cc1nnc(C)o1. The van der Waals surface area contributed by atoms with E-state index < -0.39 is 0 Å². The van der Waals surface area contributed by atoms with Crippen molar-refractivity contribution in [3.05, 3.63) is 11.8 Å². The minimum absolute atomic E-state index is 0.145. The highest BCUT2D eigenvalue weighted by atomic mass is 16.5. The molecule has 1 atom stereocenters. The van der Waals surface area contributed by atoms with Crippen LogP contribution in [0.5, 0.6) is 0 Å². The van der Waals surface area contributed by atoms with Crippen molar-refractivity contribution in [3.63, 3.8) is 0 Å². The van der Waals surface area contributed by atoms with Crippen LogP contribution < -0.4 is 0 Å². The lowest BCUT2D eigenvalue weighted by Crippen LogP contribution is -2.45. The lowest BCUT2D eigenvalue weighted by molar-refractivity contribution is -0.151.